The molecule has 8 heteroatoms. The molecule has 0 unspecified atom stereocenters. The van der Waals surface area contributed by atoms with Crippen molar-refractivity contribution in [3.8, 4) is 5.75 Å². The highest BCUT2D eigenvalue weighted by Gasteiger charge is 2.45. The normalized spacial score (nSPS) is 15.8. The molecule has 1 aliphatic carbocycles. The number of aryl methyl sites for hydroxylation is 1. The highest BCUT2D eigenvalue weighted by molar-refractivity contribution is 6.05. The summed E-state index contributed by atoms with van der Waals surface area (Å²) in [6, 6.07) is 12.6. The van der Waals surface area contributed by atoms with Gasteiger partial charge in [0.15, 0.2) is 0 Å². The predicted molar refractivity (Wildman–Crippen MR) is 125 cm³/mol. The molecule has 0 bridgehead atoms. The molecule has 1 atom stereocenters. The van der Waals surface area contributed by atoms with Crippen molar-refractivity contribution in [3.05, 3.63) is 76.9 Å². The molecular weight excluding hydrogens is 459 g/mol. The third-order valence-electron chi connectivity index (χ3n) is 6.75. The molecule has 3 aromatic rings. The lowest BCUT2D eigenvalue weighted by atomic mass is 9.65. The van der Waals surface area contributed by atoms with Crippen LogP contribution in [0.15, 0.2) is 54.6 Å². The number of carboxylic acids is 1. The number of alkyl halides is 3. The number of carbonyl (C=O) groups excluding carboxylic acids is 1. The van der Waals surface area contributed by atoms with Crippen LogP contribution in [0.1, 0.15) is 53.2 Å². The molecule has 1 aliphatic rings. The van der Waals surface area contributed by atoms with Crippen molar-refractivity contribution in [2.75, 3.05) is 0 Å². The Morgan fingerprint density at radius 3 is 2.31 bits per heavy atom. The van der Waals surface area contributed by atoms with E-state index in [2.05, 4.69) is 5.32 Å². The molecule has 1 amide bonds. The molecule has 5 nitrogen and oxygen atoms in total. The molecule has 3 aromatic carbocycles. The van der Waals surface area contributed by atoms with E-state index in [9.17, 15) is 27.9 Å². The van der Waals surface area contributed by atoms with Gasteiger partial charge in [-0.3, -0.25) is 4.79 Å². The van der Waals surface area contributed by atoms with Gasteiger partial charge in [-0.2, -0.15) is 13.2 Å². The van der Waals surface area contributed by atoms with Crippen LogP contribution < -0.4 is 10.1 Å². The van der Waals surface area contributed by atoms with E-state index in [4.69, 9.17) is 4.74 Å². The third-order valence-corrected chi connectivity index (χ3v) is 6.75. The fourth-order valence-electron chi connectivity index (χ4n) is 4.45. The summed E-state index contributed by atoms with van der Waals surface area (Å²) in [5.41, 5.74) is 0.325. The Morgan fingerprint density at radius 1 is 1.09 bits per heavy atom. The SMILES string of the molecule is Cc1ccc2ccc(C(=O)N[C@H](C(=O)O)C3(C)CCC3)c(OCc3ccc(C(F)(F)F)cc3)c2c1. The van der Waals surface area contributed by atoms with Gasteiger partial charge in [0, 0.05) is 5.39 Å². The van der Waals surface area contributed by atoms with Gasteiger partial charge in [0.1, 0.15) is 18.4 Å². The lowest BCUT2D eigenvalue weighted by Gasteiger charge is -2.43. The van der Waals surface area contributed by atoms with Crippen molar-refractivity contribution < 1.29 is 32.6 Å². The van der Waals surface area contributed by atoms with Gasteiger partial charge in [0.05, 0.1) is 11.1 Å². The van der Waals surface area contributed by atoms with Crippen LogP contribution in [0.4, 0.5) is 13.2 Å². The fraction of sp³-hybridized carbons (Fsp3) is 0.333. The molecule has 0 radical (unpaired) electrons. The van der Waals surface area contributed by atoms with Crippen LogP contribution in [-0.2, 0) is 17.6 Å². The highest BCUT2D eigenvalue weighted by atomic mass is 19.4. The largest absolute Gasteiger partial charge is 0.487 e. The van der Waals surface area contributed by atoms with Gasteiger partial charge >= 0.3 is 12.1 Å². The van der Waals surface area contributed by atoms with Gasteiger partial charge < -0.3 is 15.2 Å². The monoisotopic (exact) mass is 485 g/mol. The minimum atomic E-state index is -4.43. The van der Waals surface area contributed by atoms with Crippen molar-refractivity contribution in [2.45, 2.75) is 51.9 Å². The summed E-state index contributed by atoms with van der Waals surface area (Å²) in [5.74, 6) is -1.41. The summed E-state index contributed by atoms with van der Waals surface area (Å²) in [5, 5.41) is 13.9. The summed E-state index contributed by atoms with van der Waals surface area (Å²) in [6.45, 7) is 3.68. The average molecular weight is 486 g/mol. The molecule has 0 spiro atoms. The second kappa shape index (κ2) is 9.24. The van der Waals surface area contributed by atoms with Crippen molar-refractivity contribution >= 4 is 22.6 Å². The number of hydrogen-bond acceptors (Lipinski definition) is 3. The number of carboxylic acid groups (broad SMARTS) is 1. The topological polar surface area (TPSA) is 75.6 Å². The lowest BCUT2D eigenvalue weighted by molar-refractivity contribution is -0.144. The van der Waals surface area contributed by atoms with Crippen LogP contribution in [0, 0.1) is 12.3 Å². The second-order valence-electron chi connectivity index (χ2n) is 9.40. The molecule has 1 fully saturated rings. The Hall–Kier alpha value is -3.55. The van der Waals surface area contributed by atoms with E-state index in [1.807, 2.05) is 32.0 Å². The number of carbonyl (C=O) groups is 2. The van der Waals surface area contributed by atoms with Gasteiger partial charge in [-0.25, -0.2) is 4.79 Å². The van der Waals surface area contributed by atoms with Crippen LogP contribution in [0.2, 0.25) is 0 Å². The molecule has 4 rings (SSSR count). The summed E-state index contributed by atoms with van der Waals surface area (Å²) in [7, 11) is 0. The second-order valence-corrected chi connectivity index (χ2v) is 9.40. The van der Waals surface area contributed by atoms with E-state index in [-0.39, 0.29) is 17.9 Å². The maximum atomic E-state index is 13.3. The quantitative estimate of drug-likeness (QED) is 0.423. The first kappa shape index (κ1) is 24.6. The smallest absolute Gasteiger partial charge is 0.416 e. The van der Waals surface area contributed by atoms with Gasteiger partial charge in [-0.1, -0.05) is 49.2 Å². The molecule has 2 N–H and O–H groups in total. The number of aliphatic carboxylic acids is 1. The molecule has 184 valence electrons. The van der Waals surface area contributed by atoms with Crippen LogP contribution in [-0.4, -0.2) is 23.0 Å². The van der Waals surface area contributed by atoms with Crippen molar-refractivity contribution in [1.82, 2.24) is 5.32 Å². The average Bonchev–Trinajstić information content (AvgIpc) is 2.78. The van der Waals surface area contributed by atoms with E-state index >= 15 is 0 Å². The predicted octanol–water partition coefficient (Wildman–Crippen LogP) is 6.12. The molecule has 0 aliphatic heterocycles. The third kappa shape index (κ3) is 5.11. The molecule has 35 heavy (non-hydrogen) atoms. The molecular formula is C27H26F3NO4. The number of nitrogens with one attached hydrogen (secondary N) is 1. The zero-order valence-electron chi connectivity index (χ0n) is 19.4. The van der Waals surface area contributed by atoms with E-state index in [1.54, 1.807) is 12.1 Å². The van der Waals surface area contributed by atoms with Gasteiger partial charge in [-0.05, 0) is 60.4 Å². The van der Waals surface area contributed by atoms with Crippen molar-refractivity contribution in [3.63, 3.8) is 0 Å². The Bertz CT molecular complexity index is 1260. The Labute approximate surface area is 200 Å². The van der Waals surface area contributed by atoms with E-state index in [1.165, 1.54) is 12.1 Å². The fourth-order valence-corrected chi connectivity index (χ4v) is 4.45. The lowest BCUT2D eigenvalue weighted by Crippen LogP contribution is -2.54. The van der Waals surface area contributed by atoms with Gasteiger partial charge in [-0.15, -0.1) is 0 Å². The Balaban J connectivity index is 1.66. The van der Waals surface area contributed by atoms with Crippen LogP contribution in [0.3, 0.4) is 0 Å². The van der Waals surface area contributed by atoms with Crippen molar-refractivity contribution in [1.29, 1.82) is 0 Å². The summed E-state index contributed by atoms with van der Waals surface area (Å²) in [6.07, 6.45) is -2.11. The van der Waals surface area contributed by atoms with Gasteiger partial charge in [0.2, 0.25) is 0 Å². The first-order valence-corrected chi connectivity index (χ1v) is 11.3. The van der Waals surface area contributed by atoms with Crippen LogP contribution in [0.25, 0.3) is 10.8 Å². The van der Waals surface area contributed by atoms with Crippen LogP contribution in [0.5, 0.6) is 5.75 Å². The first-order chi connectivity index (χ1) is 16.5. The van der Waals surface area contributed by atoms with E-state index in [0.717, 1.165) is 29.5 Å². The van der Waals surface area contributed by atoms with Crippen molar-refractivity contribution in [2.24, 2.45) is 5.41 Å². The number of rotatable bonds is 7. The molecule has 0 aromatic heterocycles. The number of fused-ring (bicyclic) bond motifs is 1. The summed E-state index contributed by atoms with van der Waals surface area (Å²) < 4.78 is 44.7. The molecule has 0 heterocycles. The Morgan fingerprint density at radius 2 is 1.74 bits per heavy atom. The minimum absolute atomic E-state index is 0.0639. The molecule has 0 saturated heterocycles. The summed E-state index contributed by atoms with van der Waals surface area (Å²) >= 11 is 0. The van der Waals surface area contributed by atoms with E-state index in [0.29, 0.717) is 23.8 Å². The number of hydrogen-bond donors (Lipinski definition) is 2. The zero-order chi connectivity index (χ0) is 25.4. The molecule has 1 saturated carbocycles. The highest BCUT2D eigenvalue weighted by Crippen LogP contribution is 2.43. The summed E-state index contributed by atoms with van der Waals surface area (Å²) in [4.78, 5) is 25.2. The number of halogens is 3. The van der Waals surface area contributed by atoms with Crippen LogP contribution >= 0.6 is 0 Å². The number of benzene rings is 3. The number of ether oxygens (including phenoxy) is 1. The number of amides is 1. The maximum absolute atomic E-state index is 13.3. The maximum Gasteiger partial charge on any atom is 0.416 e. The first-order valence-electron chi connectivity index (χ1n) is 11.3. The standard InChI is InChI=1S/C27H26F3NO4/c1-16-4-7-18-8-11-20(24(32)31-23(25(33)34)26(2)12-3-13-26)22(21(18)14-16)35-15-17-5-9-19(10-6-17)27(28,29)30/h4-11,14,23H,3,12-13,15H2,1-2H3,(H,31,32)(H,33,34)/t23-/m1/s1. The van der Waals surface area contributed by atoms with Gasteiger partial charge in [0.25, 0.3) is 5.91 Å². The van der Waals surface area contributed by atoms with E-state index < -0.39 is 35.1 Å². The zero-order valence-corrected chi connectivity index (χ0v) is 19.4. The Kier molecular flexibility index (Phi) is 6.49. The minimum Gasteiger partial charge on any atom is -0.487 e.